The van der Waals surface area contributed by atoms with Gasteiger partial charge in [-0.3, -0.25) is 0 Å². The van der Waals surface area contributed by atoms with Crippen LogP contribution < -0.4 is 0 Å². The zero-order valence-corrected chi connectivity index (χ0v) is 5.83. The van der Waals surface area contributed by atoms with E-state index in [-0.39, 0.29) is 19.3 Å². The molecule has 0 bridgehead atoms. The molecule has 0 amide bonds. The number of halogens is 1. The van der Waals surface area contributed by atoms with Crippen molar-refractivity contribution in [3.05, 3.63) is 0 Å². The van der Waals surface area contributed by atoms with Crippen LogP contribution in [0.25, 0.3) is 0 Å². The summed E-state index contributed by atoms with van der Waals surface area (Å²) in [6, 6.07) is 0. The van der Waals surface area contributed by atoms with E-state index in [0.717, 1.165) is 4.05 Å². The zero-order chi connectivity index (χ0) is 4.28. The maximum absolute atomic E-state index is 5.48. The van der Waals surface area contributed by atoms with Crippen LogP contribution in [0.2, 0.25) is 4.05 Å². The van der Waals surface area contributed by atoms with Crippen molar-refractivity contribution in [1.29, 1.82) is 0 Å². The van der Waals surface area contributed by atoms with Crippen LogP contribution in [-0.2, 0) is 0 Å². The Morgan fingerprint density at radius 1 is 1.60 bits per heavy atom. The summed E-state index contributed by atoms with van der Waals surface area (Å²) in [6.07, 6.45) is 0. The Morgan fingerprint density at radius 2 is 1.80 bits per heavy atom. The van der Waals surface area contributed by atoms with Gasteiger partial charge in [-0.15, -0.1) is 4.05 Å². The first-order valence-electron chi connectivity index (χ1n) is 1.83. The van der Waals surface area contributed by atoms with Gasteiger partial charge < -0.3 is 9.07 Å². The van der Waals surface area contributed by atoms with Gasteiger partial charge in [-0.2, -0.15) is 0 Å². The van der Waals surface area contributed by atoms with Crippen molar-refractivity contribution in [3.63, 3.8) is 0 Å². The molecule has 0 spiro atoms. The average molecular weight is 179 g/mol. The molecule has 0 rings (SSSR count). The van der Waals surface area contributed by atoms with E-state index in [9.17, 15) is 0 Å². The van der Waals surface area contributed by atoms with Gasteiger partial charge in [0.05, 0.1) is 0 Å². The van der Waals surface area contributed by atoms with E-state index in [4.69, 9.17) is 9.07 Å². The van der Waals surface area contributed by atoms with Crippen molar-refractivity contribution in [2.45, 2.75) is 17.9 Å². The van der Waals surface area contributed by atoms with Crippen LogP contribution in [0.5, 0.6) is 0 Å². The summed E-state index contributed by atoms with van der Waals surface area (Å²) in [5.41, 5.74) is 0. The highest BCUT2D eigenvalue weighted by Crippen LogP contribution is 1.96. The summed E-state index contributed by atoms with van der Waals surface area (Å²) in [5.74, 6) is 0. The largest absolute Gasteiger partial charge is 0.503 e. The van der Waals surface area contributed by atoms with Crippen molar-refractivity contribution in [1.82, 2.24) is 0 Å². The van der Waals surface area contributed by atoms with Gasteiger partial charge in [0.2, 0.25) is 0 Å². The Hall–Kier alpha value is 1.06. The van der Waals surface area contributed by atoms with Gasteiger partial charge >= 0.3 is 19.3 Å². The topological polar surface area (TPSA) is 0 Å². The van der Waals surface area contributed by atoms with Gasteiger partial charge in [0, 0.05) is 0 Å². The summed E-state index contributed by atoms with van der Waals surface area (Å²) in [6.45, 7) is 4.30. The number of rotatable bonds is 1. The number of hydrogen-bond acceptors (Lipinski definition) is 0. The molecule has 28 valence electrons. The predicted octanol–water partition coefficient (Wildman–Crippen LogP) is 1.67. The summed E-state index contributed by atoms with van der Waals surface area (Å²) in [4.78, 5) is 0. The van der Waals surface area contributed by atoms with Crippen molar-refractivity contribution < 1.29 is 0 Å². The van der Waals surface area contributed by atoms with Gasteiger partial charge in [0.15, 0.2) is 0 Å². The lowest BCUT2D eigenvalue weighted by Gasteiger charge is -1.85. The molecule has 0 heterocycles. The van der Waals surface area contributed by atoms with E-state index < -0.39 is 0 Å². The van der Waals surface area contributed by atoms with Crippen LogP contribution in [0.3, 0.4) is 0 Å². The minimum absolute atomic E-state index is 0.179. The number of hydrogen-bond donors (Lipinski definition) is 0. The zero-order valence-electron chi connectivity index (χ0n) is 3.66. The molecular weight excluding hydrogens is 171 g/mol. The van der Waals surface area contributed by atoms with Crippen LogP contribution in [0, 0.1) is 0 Å². The molecule has 5 heavy (non-hydrogen) atoms. The molecule has 0 aromatic carbocycles. The fourth-order valence-corrected chi connectivity index (χ4v) is 0. The molecule has 0 fully saturated rings. The normalized spacial score (nSPS) is 8.00. The van der Waals surface area contributed by atoms with Gasteiger partial charge in [-0.05, 0) is 0 Å². The molecule has 0 aliphatic rings. The third-order valence-corrected chi connectivity index (χ3v) is 2.78. The molecule has 0 aliphatic carbocycles. The fourth-order valence-electron chi connectivity index (χ4n) is 0. The van der Waals surface area contributed by atoms with Crippen LogP contribution >= 0.6 is 9.07 Å². The van der Waals surface area contributed by atoms with Gasteiger partial charge in [-0.25, -0.2) is 0 Å². The smallest absolute Gasteiger partial charge is 0.346 e. The quantitative estimate of drug-likeness (QED) is 0.536. The first-order chi connectivity index (χ1) is 2.27. The van der Waals surface area contributed by atoms with Crippen molar-refractivity contribution in [3.8, 4) is 0 Å². The molecule has 0 N–H and O–H groups in total. The molecule has 0 atom stereocenters. The van der Waals surface area contributed by atoms with Gasteiger partial charge in [0.1, 0.15) is 0 Å². The molecule has 0 saturated carbocycles. The van der Waals surface area contributed by atoms with Crippen LogP contribution in [0.15, 0.2) is 0 Å². The van der Waals surface area contributed by atoms with E-state index >= 15 is 0 Å². The third kappa shape index (κ3) is 5.06. The second-order valence-corrected chi connectivity index (χ2v) is 4.42. The third-order valence-electron chi connectivity index (χ3n) is 0.309. The minimum atomic E-state index is -0.179. The lowest BCUT2D eigenvalue weighted by molar-refractivity contribution is 1.07. The standard InChI is InChI=1S/C3H7.ClH.Mg/c1-3-2;;/h3H,1-2H3;1H;/q;;+1/p-1/i;;1+76. The van der Waals surface area contributed by atoms with Crippen LogP contribution in [0.1, 0.15) is 13.8 Å². The second-order valence-electron chi connectivity index (χ2n) is 1.55. The summed E-state index contributed by atoms with van der Waals surface area (Å²) >= 11 is -0.179. The van der Waals surface area contributed by atoms with Crippen LogP contribution in [0.4, 0.5) is 0 Å². The Kier molecular flexibility index (Phi) is 3.94. The molecule has 0 aliphatic heterocycles. The van der Waals surface area contributed by atoms with E-state index in [1.165, 1.54) is 0 Å². The molecule has 2 heteroatoms. The Morgan fingerprint density at radius 3 is 1.80 bits per heavy atom. The van der Waals surface area contributed by atoms with E-state index in [2.05, 4.69) is 13.8 Å². The molecule has 0 nitrogen and oxygen atoms in total. The van der Waals surface area contributed by atoms with Crippen molar-refractivity contribution >= 4 is 28.3 Å². The van der Waals surface area contributed by atoms with E-state index in [1.54, 1.807) is 0 Å². The van der Waals surface area contributed by atoms with Crippen molar-refractivity contribution in [2.75, 3.05) is 0 Å². The SMILES string of the molecule is C[CH](C)[100Mg][Cl]. The Labute approximate surface area is 46.4 Å². The van der Waals surface area contributed by atoms with Gasteiger partial charge in [0.25, 0.3) is 0 Å². The Balaban J connectivity index is 2.54. The summed E-state index contributed by atoms with van der Waals surface area (Å²) in [5, 5.41) is 0. The second kappa shape index (κ2) is 3.25. The molecule has 0 unspecified atom stereocenters. The van der Waals surface area contributed by atoms with Crippen molar-refractivity contribution in [2.24, 2.45) is 0 Å². The molecule has 0 radical (unpaired) electrons. The minimum Gasteiger partial charge on any atom is -0.346 e. The summed E-state index contributed by atoms with van der Waals surface area (Å²) < 4.78 is 0.789. The molecule has 0 aromatic heterocycles. The molecule has 0 saturated heterocycles. The molecular formula is C3H7ClMg. The van der Waals surface area contributed by atoms with E-state index in [0.29, 0.717) is 0 Å². The average Bonchev–Trinajstić information content (AvgIpc) is 1.38. The maximum Gasteiger partial charge on any atom is 0.503 e. The predicted molar refractivity (Wildman–Crippen MR) is 26.7 cm³/mol. The fraction of sp³-hybridized carbons (Fsp3) is 1.00. The highest BCUT2D eigenvalue weighted by molar-refractivity contribution is 6.94. The first-order valence-corrected chi connectivity index (χ1v) is 4.78. The monoisotopic (exact) mass is 178 g/mol. The highest BCUT2D eigenvalue weighted by Gasteiger charge is 1.92. The van der Waals surface area contributed by atoms with Crippen LogP contribution in [-0.4, -0.2) is 19.3 Å². The maximum atomic E-state index is 5.48. The highest BCUT2D eigenvalue weighted by atomic mass is 100. The molecule has 0 aromatic rings. The first kappa shape index (κ1) is 6.06. The van der Waals surface area contributed by atoms with Gasteiger partial charge in [-0.1, -0.05) is 13.8 Å². The lowest BCUT2D eigenvalue weighted by atomic mass is 10.6. The summed E-state index contributed by atoms with van der Waals surface area (Å²) in [7, 11) is 5.48. The Bertz CT molecular complexity index is 20.9. The lowest BCUT2D eigenvalue weighted by Crippen LogP contribution is -1.80. The van der Waals surface area contributed by atoms with E-state index in [1.807, 2.05) is 0 Å².